The summed E-state index contributed by atoms with van der Waals surface area (Å²) >= 11 is 0. The van der Waals surface area contributed by atoms with E-state index in [0.29, 0.717) is 5.41 Å². The average molecular weight is 212 g/mol. The number of rotatable bonds is 10. The van der Waals surface area contributed by atoms with Gasteiger partial charge in [0.1, 0.15) is 0 Å². The lowest BCUT2D eigenvalue weighted by Crippen LogP contribution is -2.10. The lowest BCUT2D eigenvalue weighted by atomic mass is 9.83. The first-order chi connectivity index (χ1) is 7.12. The minimum Gasteiger partial charge on any atom is -0.0654 e. The molecule has 0 N–H and O–H groups in total. The van der Waals surface area contributed by atoms with Crippen LogP contribution in [0.4, 0.5) is 0 Å². The third-order valence-corrected chi connectivity index (χ3v) is 3.38. The normalized spacial score (nSPS) is 12.0. The predicted molar refractivity (Wildman–Crippen MR) is 71.3 cm³/mol. The maximum absolute atomic E-state index is 2.42. The third-order valence-electron chi connectivity index (χ3n) is 3.38. The molecule has 0 radical (unpaired) electrons. The Balaban J connectivity index is 3.22. The standard InChI is InChI=1S/C15H32/c1-5-7-8-9-10-11-12-14-15(3,4)13-6-2/h5-14H2,1-4H3. The first-order valence-corrected chi connectivity index (χ1v) is 7.12. The Morgan fingerprint density at radius 1 is 0.600 bits per heavy atom. The molecule has 0 fully saturated rings. The van der Waals surface area contributed by atoms with Crippen molar-refractivity contribution in [2.24, 2.45) is 5.41 Å². The number of unbranched alkanes of at least 4 members (excludes halogenated alkanes) is 6. The van der Waals surface area contributed by atoms with Crippen molar-refractivity contribution in [1.29, 1.82) is 0 Å². The van der Waals surface area contributed by atoms with Gasteiger partial charge in [-0.3, -0.25) is 0 Å². The molecule has 0 aliphatic rings. The first-order valence-electron chi connectivity index (χ1n) is 7.12. The van der Waals surface area contributed by atoms with Crippen LogP contribution in [0, 0.1) is 5.41 Å². The van der Waals surface area contributed by atoms with Crippen LogP contribution in [0.1, 0.15) is 91.9 Å². The fourth-order valence-electron chi connectivity index (χ4n) is 2.36. The minimum absolute atomic E-state index is 0.595. The van der Waals surface area contributed by atoms with Gasteiger partial charge in [0.2, 0.25) is 0 Å². The van der Waals surface area contributed by atoms with Gasteiger partial charge in [0.05, 0.1) is 0 Å². The zero-order valence-electron chi connectivity index (χ0n) is 11.6. The molecule has 0 bridgehead atoms. The van der Waals surface area contributed by atoms with Gasteiger partial charge in [0.25, 0.3) is 0 Å². The van der Waals surface area contributed by atoms with Crippen molar-refractivity contribution in [1.82, 2.24) is 0 Å². The molecule has 15 heavy (non-hydrogen) atoms. The van der Waals surface area contributed by atoms with Gasteiger partial charge in [-0.25, -0.2) is 0 Å². The van der Waals surface area contributed by atoms with Gasteiger partial charge >= 0.3 is 0 Å². The van der Waals surface area contributed by atoms with Crippen LogP contribution in [0.3, 0.4) is 0 Å². The first kappa shape index (κ1) is 15.0. The largest absolute Gasteiger partial charge is 0.0654 e. The van der Waals surface area contributed by atoms with E-state index in [1.54, 1.807) is 0 Å². The lowest BCUT2D eigenvalue weighted by Gasteiger charge is -2.23. The molecule has 92 valence electrons. The summed E-state index contributed by atoms with van der Waals surface area (Å²) in [6.07, 6.45) is 14.2. The molecule has 0 nitrogen and oxygen atoms in total. The molecule has 0 aromatic heterocycles. The second-order valence-electron chi connectivity index (χ2n) is 5.79. The molecule has 0 aliphatic heterocycles. The molecule has 0 rings (SSSR count). The van der Waals surface area contributed by atoms with Crippen LogP contribution >= 0.6 is 0 Å². The van der Waals surface area contributed by atoms with Gasteiger partial charge in [-0.15, -0.1) is 0 Å². The smallest absolute Gasteiger partial charge is 0.0354 e. The summed E-state index contributed by atoms with van der Waals surface area (Å²) in [5, 5.41) is 0. The van der Waals surface area contributed by atoms with Crippen LogP contribution in [0.2, 0.25) is 0 Å². The fourth-order valence-corrected chi connectivity index (χ4v) is 2.36. The van der Waals surface area contributed by atoms with Crippen molar-refractivity contribution in [3.63, 3.8) is 0 Å². The topological polar surface area (TPSA) is 0 Å². The summed E-state index contributed by atoms with van der Waals surface area (Å²) in [5.41, 5.74) is 0.595. The highest BCUT2D eigenvalue weighted by atomic mass is 14.2. The lowest BCUT2D eigenvalue weighted by molar-refractivity contribution is 0.291. The van der Waals surface area contributed by atoms with E-state index >= 15 is 0 Å². The molecule has 0 unspecified atom stereocenters. The van der Waals surface area contributed by atoms with Gasteiger partial charge in [0, 0.05) is 0 Å². The Morgan fingerprint density at radius 2 is 1.13 bits per heavy atom. The highest BCUT2D eigenvalue weighted by Gasteiger charge is 2.15. The van der Waals surface area contributed by atoms with Crippen molar-refractivity contribution in [2.75, 3.05) is 0 Å². The molecule has 0 aliphatic carbocycles. The molecule has 0 spiro atoms. The van der Waals surface area contributed by atoms with Crippen molar-refractivity contribution in [2.45, 2.75) is 91.9 Å². The molecule has 0 heteroatoms. The highest BCUT2D eigenvalue weighted by Crippen LogP contribution is 2.29. The summed E-state index contributed by atoms with van der Waals surface area (Å²) in [4.78, 5) is 0. The van der Waals surface area contributed by atoms with E-state index in [1.165, 1.54) is 64.2 Å². The summed E-state index contributed by atoms with van der Waals surface area (Å²) in [5.74, 6) is 0. The zero-order valence-corrected chi connectivity index (χ0v) is 11.6. The van der Waals surface area contributed by atoms with Crippen LogP contribution in [0.25, 0.3) is 0 Å². The van der Waals surface area contributed by atoms with E-state index in [1.807, 2.05) is 0 Å². The second kappa shape index (κ2) is 9.24. The molecule has 0 saturated carbocycles. The predicted octanol–water partition coefficient (Wildman–Crippen LogP) is 5.95. The van der Waals surface area contributed by atoms with E-state index in [2.05, 4.69) is 27.7 Å². The second-order valence-corrected chi connectivity index (χ2v) is 5.79. The van der Waals surface area contributed by atoms with Crippen LogP contribution in [0.15, 0.2) is 0 Å². The van der Waals surface area contributed by atoms with E-state index in [0.717, 1.165) is 0 Å². The summed E-state index contributed by atoms with van der Waals surface area (Å²) < 4.78 is 0. The van der Waals surface area contributed by atoms with Gasteiger partial charge in [-0.2, -0.15) is 0 Å². The maximum Gasteiger partial charge on any atom is -0.0354 e. The molecule has 0 saturated heterocycles. The SMILES string of the molecule is CCCCCCCCCC(C)(C)CCC. The quantitative estimate of drug-likeness (QED) is 0.392. The molecule has 0 amide bonds. The molecular weight excluding hydrogens is 180 g/mol. The molecule has 0 heterocycles. The van der Waals surface area contributed by atoms with Gasteiger partial charge in [0.15, 0.2) is 0 Å². The molecule has 0 aromatic rings. The summed E-state index contributed by atoms with van der Waals surface area (Å²) in [7, 11) is 0. The van der Waals surface area contributed by atoms with E-state index in [9.17, 15) is 0 Å². The Bertz CT molecular complexity index is 124. The Kier molecular flexibility index (Phi) is 9.24. The van der Waals surface area contributed by atoms with E-state index in [4.69, 9.17) is 0 Å². The van der Waals surface area contributed by atoms with Crippen LogP contribution in [0.5, 0.6) is 0 Å². The van der Waals surface area contributed by atoms with Crippen LogP contribution < -0.4 is 0 Å². The average Bonchev–Trinajstić information content (AvgIpc) is 2.16. The third kappa shape index (κ3) is 10.3. The maximum atomic E-state index is 2.42. The van der Waals surface area contributed by atoms with Gasteiger partial charge in [-0.1, -0.05) is 79.1 Å². The molecule has 0 atom stereocenters. The van der Waals surface area contributed by atoms with Crippen molar-refractivity contribution in [3.05, 3.63) is 0 Å². The Labute approximate surface area is 97.8 Å². The van der Waals surface area contributed by atoms with Crippen molar-refractivity contribution < 1.29 is 0 Å². The monoisotopic (exact) mass is 212 g/mol. The van der Waals surface area contributed by atoms with Crippen LogP contribution in [-0.2, 0) is 0 Å². The zero-order chi connectivity index (χ0) is 11.6. The fraction of sp³-hybridized carbons (Fsp3) is 1.00. The molecule has 0 aromatic carbocycles. The summed E-state index contributed by atoms with van der Waals surface area (Å²) in [6.45, 7) is 9.43. The van der Waals surface area contributed by atoms with Crippen molar-refractivity contribution in [3.8, 4) is 0 Å². The molecular formula is C15H32. The Morgan fingerprint density at radius 3 is 1.67 bits per heavy atom. The highest BCUT2D eigenvalue weighted by molar-refractivity contribution is 4.67. The summed E-state index contributed by atoms with van der Waals surface area (Å²) in [6, 6.07) is 0. The van der Waals surface area contributed by atoms with E-state index < -0.39 is 0 Å². The van der Waals surface area contributed by atoms with E-state index in [-0.39, 0.29) is 0 Å². The van der Waals surface area contributed by atoms with Crippen molar-refractivity contribution >= 4 is 0 Å². The number of hydrogen-bond donors (Lipinski definition) is 0. The van der Waals surface area contributed by atoms with Crippen LogP contribution in [-0.4, -0.2) is 0 Å². The minimum atomic E-state index is 0.595. The number of hydrogen-bond acceptors (Lipinski definition) is 0. The van der Waals surface area contributed by atoms with Gasteiger partial charge < -0.3 is 0 Å². The van der Waals surface area contributed by atoms with Gasteiger partial charge in [-0.05, 0) is 18.3 Å². The Hall–Kier alpha value is 0.